The normalized spacial score (nSPS) is 9.62. The molecule has 12 N–H and O–H groups in total. The van der Waals surface area contributed by atoms with Gasteiger partial charge in [0.2, 0.25) is 0 Å². The van der Waals surface area contributed by atoms with E-state index in [1.165, 1.54) is 33.4 Å². The van der Waals surface area contributed by atoms with Gasteiger partial charge in [-0.2, -0.15) is 0 Å². The van der Waals surface area contributed by atoms with Crippen LogP contribution < -0.4 is 34.4 Å². The fraction of sp³-hybridized carbons (Fsp3) is 0.300. The number of benzene rings is 3. The SMILES string of the molecule is Cc1ccc(CCN=C(N)N)cc1.Cc1cccc(CCN=C(N)N)c1.Cc1ccccc1CCN=C(N)N. The first-order valence-electron chi connectivity index (χ1n) is 12.9. The van der Waals surface area contributed by atoms with Crippen LogP contribution in [0.5, 0.6) is 0 Å². The highest BCUT2D eigenvalue weighted by Gasteiger charge is 1.95. The van der Waals surface area contributed by atoms with Crippen molar-refractivity contribution in [2.75, 3.05) is 19.6 Å². The van der Waals surface area contributed by atoms with E-state index >= 15 is 0 Å². The van der Waals surface area contributed by atoms with Gasteiger partial charge in [0, 0.05) is 19.6 Å². The summed E-state index contributed by atoms with van der Waals surface area (Å²) in [5, 5.41) is 0. The first kappa shape index (κ1) is 32.5. The maximum Gasteiger partial charge on any atom is 0.185 e. The van der Waals surface area contributed by atoms with E-state index < -0.39 is 0 Å². The topological polar surface area (TPSA) is 193 Å². The number of nitrogens with two attached hydrogens (primary N) is 6. The van der Waals surface area contributed by atoms with Crippen molar-refractivity contribution < 1.29 is 0 Å². The Bertz CT molecular complexity index is 1190. The maximum atomic E-state index is 5.22. The molecule has 0 spiro atoms. The van der Waals surface area contributed by atoms with E-state index in [9.17, 15) is 0 Å². The van der Waals surface area contributed by atoms with E-state index in [-0.39, 0.29) is 17.9 Å². The Hall–Kier alpha value is -4.53. The monoisotopic (exact) mass is 531 g/mol. The third-order valence-corrected chi connectivity index (χ3v) is 5.53. The van der Waals surface area contributed by atoms with Crippen LogP contribution in [-0.2, 0) is 19.3 Å². The molecule has 0 radical (unpaired) electrons. The largest absolute Gasteiger partial charge is 0.370 e. The standard InChI is InChI=1S/3C10H15N3/c1-8-2-4-9(5-3-8)6-7-13-10(11)12;1-8-3-2-4-9(7-8)5-6-13-10(11)12;1-8-4-2-3-5-9(8)6-7-13-10(11)12/h2-5H,6-7H2,1H3,(H4,11,12,13);2-4,7H,5-6H2,1H3,(H4,11,12,13);2-5H,6-7H2,1H3,(H4,11,12,13). The molecule has 3 rings (SSSR count). The highest BCUT2D eigenvalue weighted by Crippen LogP contribution is 2.07. The number of hydrogen-bond acceptors (Lipinski definition) is 3. The summed E-state index contributed by atoms with van der Waals surface area (Å²) in [5.74, 6) is 0.480. The van der Waals surface area contributed by atoms with Gasteiger partial charge < -0.3 is 34.4 Å². The van der Waals surface area contributed by atoms with E-state index in [2.05, 4.69) is 90.3 Å². The Labute approximate surface area is 233 Å². The molecule has 3 aromatic carbocycles. The Balaban J connectivity index is 0.000000292. The van der Waals surface area contributed by atoms with Gasteiger partial charge in [0.25, 0.3) is 0 Å². The Morgan fingerprint density at radius 3 is 1.54 bits per heavy atom. The molecule has 0 unspecified atom stereocenters. The van der Waals surface area contributed by atoms with Gasteiger partial charge in [0.05, 0.1) is 0 Å². The van der Waals surface area contributed by atoms with Crippen LogP contribution in [0, 0.1) is 20.8 Å². The highest BCUT2D eigenvalue weighted by atomic mass is 15.0. The minimum absolute atomic E-state index is 0.159. The maximum absolute atomic E-state index is 5.22. The van der Waals surface area contributed by atoms with Crippen molar-refractivity contribution in [3.8, 4) is 0 Å². The van der Waals surface area contributed by atoms with E-state index in [1.54, 1.807) is 0 Å². The third-order valence-electron chi connectivity index (χ3n) is 5.53. The zero-order valence-corrected chi connectivity index (χ0v) is 23.5. The van der Waals surface area contributed by atoms with Crippen LogP contribution in [0.25, 0.3) is 0 Å². The van der Waals surface area contributed by atoms with Crippen LogP contribution in [0.15, 0.2) is 87.8 Å². The summed E-state index contributed by atoms with van der Waals surface area (Å²) in [4.78, 5) is 11.8. The second kappa shape index (κ2) is 18.7. The average molecular weight is 532 g/mol. The van der Waals surface area contributed by atoms with Crippen molar-refractivity contribution in [1.29, 1.82) is 0 Å². The number of hydrogen-bond donors (Lipinski definition) is 6. The van der Waals surface area contributed by atoms with Gasteiger partial charge in [0.15, 0.2) is 17.9 Å². The lowest BCUT2D eigenvalue weighted by molar-refractivity contribution is 0.952. The predicted octanol–water partition coefficient (Wildman–Crippen LogP) is 2.43. The molecule has 0 atom stereocenters. The van der Waals surface area contributed by atoms with E-state index in [1.807, 2.05) is 18.2 Å². The quantitative estimate of drug-likeness (QED) is 0.181. The summed E-state index contributed by atoms with van der Waals surface area (Å²) in [5.41, 5.74) is 38.9. The second-order valence-electron chi connectivity index (χ2n) is 9.07. The van der Waals surface area contributed by atoms with Gasteiger partial charge in [-0.3, -0.25) is 15.0 Å². The lowest BCUT2D eigenvalue weighted by Crippen LogP contribution is -2.23. The Morgan fingerprint density at radius 2 is 1.03 bits per heavy atom. The molecule has 3 aromatic rings. The van der Waals surface area contributed by atoms with Crippen molar-refractivity contribution >= 4 is 17.9 Å². The molecule has 0 aromatic heterocycles. The Kier molecular flexibility index (Phi) is 15.6. The van der Waals surface area contributed by atoms with Gasteiger partial charge in [-0.15, -0.1) is 0 Å². The number of aryl methyl sites for hydroxylation is 3. The zero-order valence-electron chi connectivity index (χ0n) is 23.5. The van der Waals surface area contributed by atoms with Crippen molar-refractivity contribution in [2.24, 2.45) is 49.4 Å². The molecular weight excluding hydrogens is 486 g/mol. The summed E-state index contributed by atoms with van der Waals surface area (Å²) < 4.78 is 0. The minimum Gasteiger partial charge on any atom is -0.370 e. The van der Waals surface area contributed by atoms with Crippen LogP contribution in [0.2, 0.25) is 0 Å². The minimum atomic E-state index is 0.159. The van der Waals surface area contributed by atoms with Crippen molar-refractivity contribution in [2.45, 2.75) is 40.0 Å². The molecule has 0 saturated heterocycles. The first-order chi connectivity index (χ1) is 18.6. The van der Waals surface area contributed by atoms with Crippen LogP contribution in [-0.4, -0.2) is 37.5 Å². The van der Waals surface area contributed by atoms with Crippen LogP contribution in [0.4, 0.5) is 0 Å². The molecule has 0 bridgehead atoms. The summed E-state index contributed by atoms with van der Waals surface area (Å²) in [7, 11) is 0. The molecule has 0 fully saturated rings. The molecule has 0 amide bonds. The average Bonchev–Trinajstić information content (AvgIpc) is 2.87. The van der Waals surface area contributed by atoms with Crippen molar-refractivity contribution in [3.63, 3.8) is 0 Å². The summed E-state index contributed by atoms with van der Waals surface area (Å²) in [6, 6.07) is 24.9. The molecular formula is C30H45N9. The van der Waals surface area contributed by atoms with Crippen LogP contribution in [0.3, 0.4) is 0 Å². The molecule has 0 saturated carbocycles. The molecule has 0 aliphatic rings. The number of rotatable bonds is 9. The molecule has 39 heavy (non-hydrogen) atoms. The molecule has 210 valence electrons. The molecule has 0 aliphatic carbocycles. The molecule has 9 heteroatoms. The first-order valence-corrected chi connectivity index (χ1v) is 12.9. The van der Waals surface area contributed by atoms with Crippen LogP contribution >= 0.6 is 0 Å². The Morgan fingerprint density at radius 1 is 0.513 bits per heavy atom. The molecule has 0 aliphatic heterocycles. The molecule has 0 heterocycles. The van der Waals surface area contributed by atoms with Gasteiger partial charge >= 0.3 is 0 Å². The van der Waals surface area contributed by atoms with Gasteiger partial charge in [-0.1, -0.05) is 83.9 Å². The summed E-state index contributed by atoms with van der Waals surface area (Å²) in [6.07, 6.45) is 2.67. The van der Waals surface area contributed by atoms with Crippen molar-refractivity contribution in [3.05, 3.63) is 106 Å². The fourth-order valence-electron chi connectivity index (χ4n) is 3.45. The lowest BCUT2D eigenvalue weighted by atomic mass is 10.1. The number of guanidine groups is 3. The smallest absolute Gasteiger partial charge is 0.185 e. The summed E-state index contributed by atoms with van der Waals surface area (Å²) >= 11 is 0. The highest BCUT2D eigenvalue weighted by molar-refractivity contribution is 5.76. The second-order valence-corrected chi connectivity index (χ2v) is 9.07. The van der Waals surface area contributed by atoms with E-state index in [4.69, 9.17) is 34.4 Å². The van der Waals surface area contributed by atoms with Gasteiger partial charge in [-0.05, 0) is 62.3 Å². The third kappa shape index (κ3) is 16.8. The summed E-state index contributed by atoms with van der Waals surface area (Å²) in [6.45, 7) is 8.21. The number of aliphatic imine (C=N–C) groups is 3. The van der Waals surface area contributed by atoms with Gasteiger partial charge in [0.1, 0.15) is 0 Å². The molecule has 9 nitrogen and oxygen atoms in total. The van der Waals surface area contributed by atoms with Gasteiger partial charge in [-0.25, -0.2) is 0 Å². The lowest BCUT2D eigenvalue weighted by Gasteiger charge is -2.02. The van der Waals surface area contributed by atoms with E-state index in [0.717, 1.165) is 19.3 Å². The fourth-order valence-corrected chi connectivity index (χ4v) is 3.45. The zero-order chi connectivity index (χ0) is 29.0. The van der Waals surface area contributed by atoms with Crippen LogP contribution in [0.1, 0.15) is 33.4 Å². The predicted molar refractivity (Wildman–Crippen MR) is 167 cm³/mol. The van der Waals surface area contributed by atoms with E-state index in [0.29, 0.717) is 19.6 Å². The van der Waals surface area contributed by atoms with Crippen molar-refractivity contribution in [1.82, 2.24) is 0 Å². The number of nitrogens with zero attached hydrogens (tertiary/aromatic N) is 3.